The summed E-state index contributed by atoms with van der Waals surface area (Å²) in [6, 6.07) is 11.3. The molecule has 3 atom stereocenters. The van der Waals surface area contributed by atoms with Crippen molar-refractivity contribution in [1.82, 2.24) is 20.8 Å². The van der Waals surface area contributed by atoms with Gasteiger partial charge in [-0.05, 0) is 48.7 Å². The van der Waals surface area contributed by atoms with Crippen molar-refractivity contribution in [2.45, 2.75) is 31.6 Å². The van der Waals surface area contributed by atoms with Gasteiger partial charge in [-0.25, -0.2) is 14.2 Å². The number of nitrogens with zero attached hydrogens (tertiary/aromatic N) is 3. The Balaban J connectivity index is 1.18. The number of nitrogens with one attached hydrogen (secondary N) is 3. The first-order valence-corrected chi connectivity index (χ1v) is 11.2. The third kappa shape index (κ3) is 4.03. The number of amidine groups is 1. The fraction of sp³-hybridized carbons (Fsp3) is 0.273. The Morgan fingerprint density at radius 1 is 1.22 bits per heavy atom. The molecule has 0 radical (unpaired) electrons. The summed E-state index contributed by atoms with van der Waals surface area (Å²) in [6.07, 6.45) is 4.61. The van der Waals surface area contributed by atoms with Crippen molar-refractivity contribution in [2.75, 3.05) is 11.1 Å². The Hall–Kier alpha value is -3.11. The van der Waals surface area contributed by atoms with E-state index in [4.69, 9.17) is 0 Å². The summed E-state index contributed by atoms with van der Waals surface area (Å²) < 4.78 is 26.9. The molecule has 10 heteroatoms. The Morgan fingerprint density at radius 3 is 2.81 bits per heavy atom. The molecule has 3 aliphatic heterocycles. The van der Waals surface area contributed by atoms with Crippen molar-refractivity contribution >= 4 is 28.5 Å². The van der Waals surface area contributed by atoms with Crippen LogP contribution in [0.25, 0.3) is 0 Å². The third-order valence-corrected chi connectivity index (χ3v) is 6.73. The highest BCUT2D eigenvalue weighted by molar-refractivity contribution is 8.14. The number of halogens is 2. The van der Waals surface area contributed by atoms with E-state index in [2.05, 4.69) is 21.3 Å². The molecule has 166 valence electrons. The Kier molecular flexibility index (Phi) is 5.48. The Labute approximate surface area is 188 Å². The molecule has 7 nitrogen and oxygen atoms in total. The van der Waals surface area contributed by atoms with Gasteiger partial charge in [0.2, 0.25) is 5.91 Å². The van der Waals surface area contributed by atoms with E-state index in [9.17, 15) is 13.6 Å². The maximum absolute atomic E-state index is 13.7. The van der Waals surface area contributed by atoms with Gasteiger partial charge in [0.05, 0.1) is 17.8 Å². The van der Waals surface area contributed by atoms with Crippen LogP contribution in [-0.4, -0.2) is 38.9 Å². The molecule has 32 heavy (non-hydrogen) atoms. The fourth-order valence-corrected chi connectivity index (χ4v) is 4.83. The summed E-state index contributed by atoms with van der Waals surface area (Å²) in [4.78, 5) is 14.3. The standard InChI is InChI=1S/C22H22F2N6OS/c1-13-2-7-16(10-17(13)24)25-20(31)12-32-22-27-26-21-19-11-18(14-3-5-15(23)6-4-14)28-30(19)9-8-29(21)22/h2-10,18-19,21,26,28H,11-12H2,1H3,(H,25,31). The van der Waals surface area contributed by atoms with Crippen LogP contribution in [-0.2, 0) is 4.79 Å². The van der Waals surface area contributed by atoms with Crippen molar-refractivity contribution in [2.24, 2.45) is 5.10 Å². The molecule has 0 saturated carbocycles. The second-order valence-corrected chi connectivity index (χ2v) is 8.86. The van der Waals surface area contributed by atoms with Crippen molar-refractivity contribution in [1.29, 1.82) is 0 Å². The summed E-state index contributed by atoms with van der Waals surface area (Å²) in [5, 5.41) is 9.87. The minimum atomic E-state index is -0.352. The lowest BCUT2D eigenvalue weighted by atomic mass is 10.00. The van der Waals surface area contributed by atoms with Gasteiger partial charge in [0, 0.05) is 18.1 Å². The van der Waals surface area contributed by atoms with Gasteiger partial charge in [0.25, 0.3) is 0 Å². The zero-order chi connectivity index (χ0) is 22.2. The monoisotopic (exact) mass is 456 g/mol. The maximum Gasteiger partial charge on any atom is 0.234 e. The number of rotatable bonds is 4. The van der Waals surface area contributed by atoms with Gasteiger partial charge in [0.1, 0.15) is 17.8 Å². The molecule has 1 fully saturated rings. The number of hydrazone groups is 1. The molecule has 3 heterocycles. The van der Waals surface area contributed by atoms with Crippen LogP contribution in [0.1, 0.15) is 23.6 Å². The van der Waals surface area contributed by atoms with Gasteiger partial charge < -0.3 is 15.2 Å². The summed E-state index contributed by atoms with van der Waals surface area (Å²) in [5.74, 6) is -0.682. The molecule has 3 aliphatic rings. The van der Waals surface area contributed by atoms with Gasteiger partial charge >= 0.3 is 0 Å². The topological polar surface area (TPSA) is 72.0 Å². The van der Waals surface area contributed by atoms with E-state index >= 15 is 0 Å². The van der Waals surface area contributed by atoms with Crippen molar-refractivity contribution in [3.63, 3.8) is 0 Å². The molecule has 1 amide bonds. The average Bonchev–Trinajstić information content (AvgIpc) is 3.39. The van der Waals surface area contributed by atoms with Crippen LogP contribution in [0.5, 0.6) is 0 Å². The maximum atomic E-state index is 13.7. The number of amides is 1. The molecular formula is C22H22F2N6OS. The van der Waals surface area contributed by atoms with E-state index in [1.807, 2.05) is 22.3 Å². The zero-order valence-electron chi connectivity index (χ0n) is 17.3. The van der Waals surface area contributed by atoms with Crippen molar-refractivity contribution in [3.8, 4) is 0 Å². The fourth-order valence-electron chi connectivity index (χ4n) is 4.06. The molecular weight excluding hydrogens is 434 g/mol. The lowest BCUT2D eigenvalue weighted by Gasteiger charge is -2.36. The largest absolute Gasteiger partial charge is 0.325 e. The molecule has 0 aromatic heterocycles. The molecule has 0 spiro atoms. The number of hydrazine groups is 1. The number of carbonyl (C=O) groups is 1. The number of anilines is 1. The van der Waals surface area contributed by atoms with E-state index in [-0.39, 0.29) is 41.5 Å². The Bertz CT molecular complexity index is 1090. The van der Waals surface area contributed by atoms with Crippen LogP contribution in [0.3, 0.4) is 0 Å². The molecule has 3 N–H and O–H groups in total. The quantitative estimate of drug-likeness (QED) is 0.656. The zero-order valence-corrected chi connectivity index (χ0v) is 18.1. The first-order valence-electron chi connectivity index (χ1n) is 10.3. The summed E-state index contributed by atoms with van der Waals surface area (Å²) >= 11 is 1.31. The van der Waals surface area contributed by atoms with Crippen LogP contribution in [0.4, 0.5) is 14.5 Å². The average molecular weight is 457 g/mol. The molecule has 1 saturated heterocycles. The van der Waals surface area contributed by atoms with Crippen LogP contribution in [0.15, 0.2) is 60.0 Å². The third-order valence-electron chi connectivity index (χ3n) is 5.77. The highest BCUT2D eigenvalue weighted by Crippen LogP contribution is 2.35. The smallest absolute Gasteiger partial charge is 0.234 e. The number of aryl methyl sites for hydroxylation is 1. The number of thioether (sulfide) groups is 1. The predicted molar refractivity (Wildman–Crippen MR) is 120 cm³/mol. The minimum Gasteiger partial charge on any atom is -0.325 e. The van der Waals surface area contributed by atoms with Gasteiger partial charge in [-0.2, -0.15) is 5.10 Å². The summed E-state index contributed by atoms with van der Waals surface area (Å²) in [7, 11) is 0. The van der Waals surface area contributed by atoms with Crippen LogP contribution < -0.4 is 16.2 Å². The lowest BCUT2D eigenvalue weighted by Crippen LogP contribution is -2.54. The van der Waals surface area contributed by atoms with Crippen LogP contribution >= 0.6 is 11.8 Å². The number of carbonyl (C=O) groups excluding carboxylic acids is 1. The lowest BCUT2D eigenvalue weighted by molar-refractivity contribution is -0.113. The number of hydrogen-bond donors (Lipinski definition) is 3. The van der Waals surface area contributed by atoms with E-state index in [1.165, 1.54) is 30.0 Å². The number of hydrogen-bond acceptors (Lipinski definition) is 7. The van der Waals surface area contributed by atoms with Crippen molar-refractivity contribution < 1.29 is 13.6 Å². The first kappa shape index (κ1) is 20.8. The minimum absolute atomic E-state index is 0.0735. The predicted octanol–water partition coefficient (Wildman–Crippen LogP) is 3.25. The van der Waals surface area contributed by atoms with Crippen LogP contribution in [0.2, 0.25) is 0 Å². The van der Waals surface area contributed by atoms with Gasteiger partial charge in [0.15, 0.2) is 5.17 Å². The Morgan fingerprint density at radius 2 is 2.03 bits per heavy atom. The molecule has 0 aliphatic carbocycles. The molecule has 2 aromatic carbocycles. The molecule has 2 aromatic rings. The van der Waals surface area contributed by atoms with Gasteiger partial charge in [-0.1, -0.05) is 30.0 Å². The van der Waals surface area contributed by atoms with E-state index < -0.39 is 0 Å². The van der Waals surface area contributed by atoms with Crippen LogP contribution in [0, 0.1) is 18.6 Å². The second kappa shape index (κ2) is 8.44. The molecule has 3 unspecified atom stereocenters. The summed E-state index contributed by atoms with van der Waals surface area (Å²) in [5.41, 5.74) is 8.60. The molecule has 5 rings (SSSR count). The van der Waals surface area contributed by atoms with Crippen molar-refractivity contribution in [3.05, 3.63) is 77.6 Å². The van der Waals surface area contributed by atoms with E-state index in [0.29, 0.717) is 16.4 Å². The summed E-state index contributed by atoms with van der Waals surface area (Å²) in [6.45, 7) is 1.67. The van der Waals surface area contributed by atoms with Gasteiger partial charge in [-0.3, -0.25) is 10.2 Å². The van der Waals surface area contributed by atoms with Gasteiger partial charge in [-0.15, -0.1) is 0 Å². The molecule has 0 bridgehead atoms. The first-order chi connectivity index (χ1) is 15.5. The van der Waals surface area contributed by atoms with E-state index in [1.54, 1.807) is 31.2 Å². The SMILES string of the molecule is Cc1ccc(NC(=O)CSC2=NNC3C4CC(c5ccc(F)cc5)NN4C=CN23)cc1F. The number of fused-ring (bicyclic) bond motifs is 3. The highest BCUT2D eigenvalue weighted by atomic mass is 32.2. The normalized spacial score (nSPS) is 23.5. The number of benzene rings is 2. The second-order valence-electron chi connectivity index (χ2n) is 7.92. The highest BCUT2D eigenvalue weighted by Gasteiger charge is 2.44. The van der Waals surface area contributed by atoms with E-state index in [0.717, 1.165) is 12.0 Å².